The minimum atomic E-state index is -0.136. The van der Waals surface area contributed by atoms with E-state index >= 15 is 0 Å². The van der Waals surface area contributed by atoms with Gasteiger partial charge in [-0.15, -0.1) is 0 Å². The first kappa shape index (κ1) is 14.8. The molecule has 4 heteroatoms. The summed E-state index contributed by atoms with van der Waals surface area (Å²) in [4.78, 5) is 9.43. The number of fused-ring (bicyclic) bond motifs is 1. The van der Waals surface area contributed by atoms with E-state index in [9.17, 15) is 4.39 Å². The maximum Gasteiger partial charge on any atom is 0.123 e. The fraction of sp³-hybridized carbons (Fsp3) is 0.421. The molecular weight excluding hydrogens is 289 g/mol. The second kappa shape index (κ2) is 6.38. The summed E-state index contributed by atoms with van der Waals surface area (Å²) >= 11 is 0. The van der Waals surface area contributed by atoms with Crippen molar-refractivity contribution < 1.29 is 4.39 Å². The highest BCUT2D eigenvalue weighted by Crippen LogP contribution is 2.32. The average Bonchev–Trinajstić information content (AvgIpc) is 3.06. The predicted octanol–water partition coefficient (Wildman–Crippen LogP) is 2.78. The van der Waals surface area contributed by atoms with Crippen LogP contribution in [0.4, 0.5) is 4.39 Å². The van der Waals surface area contributed by atoms with Crippen LogP contribution in [0, 0.1) is 17.7 Å². The smallest absolute Gasteiger partial charge is 0.123 e. The average molecular weight is 311 g/mol. The van der Waals surface area contributed by atoms with Gasteiger partial charge in [0.1, 0.15) is 5.82 Å². The molecule has 2 aromatic rings. The summed E-state index contributed by atoms with van der Waals surface area (Å²) in [5.74, 6) is 1.35. The first-order valence-electron chi connectivity index (χ1n) is 8.35. The third kappa shape index (κ3) is 3.43. The molecule has 2 fully saturated rings. The van der Waals surface area contributed by atoms with Gasteiger partial charge >= 0.3 is 0 Å². The van der Waals surface area contributed by atoms with Gasteiger partial charge in [-0.3, -0.25) is 14.8 Å². The lowest BCUT2D eigenvalue weighted by atomic mass is 10.0. The molecule has 1 aromatic heterocycles. The normalized spacial score (nSPS) is 24.9. The Balaban J connectivity index is 1.31. The van der Waals surface area contributed by atoms with Crippen molar-refractivity contribution in [3.05, 3.63) is 65.7 Å². The number of pyridine rings is 1. The zero-order chi connectivity index (χ0) is 15.6. The Morgan fingerprint density at radius 2 is 1.65 bits per heavy atom. The molecule has 23 heavy (non-hydrogen) atoms. The van der Waals surface area contributed by atoms with Crippen LogP contribution in [0.2, 0.25) is 0 Å². The zero-order valence-electron chi connectivity index (χ0n) is 13.2. The van der Waals surface area contributed by atoms with Gasteiger partial charge in [0.2, 0.25) is 0 Å². The van der Waals surface area contributed by atoms with Crippen molar-refractivity contribution in [2.45, 2.75) is 13.1 Å². The number of likely N-dealkylation sites (tertiary alicyclic amines) is 2. The van der Waals surface area contributed by atoms with E-state index in [0.717, 1.165) is 62.4 Å². The monoisotopic (exact) mass is 311 g/mol. The Bertz CT molecular complexity index is 647. The van der Waals surface area contributed by atoms with Gasteiger partial charge in [-0.2, -0.15) is 0 Å². The third-order valence-corrected chi connectivity index (χ3v) is 5.04. The second-order valence-electron chi connectivity index (χ2n) is 6.86. The van der Waals surface area contributed by atoms with Crippen LogP contribution in [0.15, 0.2) is 48.7 Å². The quantitative estimate of drug-likeness (QED) is 0.865. The van der Waals surface area contributed by atoms with Gasteiger partial charge in [0.05, 0.1) is 5.69 Å². The molecule has 0 aliphatic carbocycles. The zero-order valence-corrected chi connectivity index (χ0v) is 13.2. The molecule has 0 N–H and O–H groups in total. The molecule has 0 radical (unpaired) electrons. The number of aromatic nitrogens is 1. The molecule has 2 saturated heterocycles. The van der Waals surface area contributed by atoms with Crippen LogP contribution >= 0.6 is 0 Å². The highest BCUT2D eigenvalue weighted by molar-refractivity contribution is 5.16. The lowest BCUT2D eigenvalue weighted by Gasteiger charge is -2.21. The van der Waals surface area contributed by atoms with Crippen LogP contribution < -0.4 is 0 Å². The first-order valence-corrected chi connectivity index (χ1v) is 8.35. The van der Waals surface area contributed by atoms with Crippen molar-refractivity contribution in [1.82, 2.24) is 14.8 Å². The summed E-state index contributed by atoms with van der Waals surface area (Å²) in [6.45, 7) is 6.38. The van der Waals surface area contributed by atoms with Crippen molar-refractivity contribution in [2.24, 2.45) is 11.8 Å². The van der Waals surface area contributed by atoms with E-state index in [4.69, 9.17) is 0 Å². The number of hydrogen-bond donors (Lipinski definition) is 0. The molecule has 2 atom stereocenters. The number of nitrogens with zero attached hydrogens (tertiary/aromatic N) is 3. The van der Waals surface area contributed by atoms with Gasteiger partial charge in [0.15, 0.2) is 0 Å². The van der Waals surface area contributed by atoms with Crippen molar-refractivity contribution in [2.75, 3.05) is 26.2 Å². The standard InChI is InChI=1S/C19H22FN3/c20-18-5-3-4-15(8-18)9-22-10-16-12-23(13-17(16)11-22)14-19-6-1-2-7-21-19/h1-8,16-17H,9-14H2/t16-,17-/m0/s1. The van der Waals surface area contributed by atoms with Gasteiger partial charge in [0.25, 0.3) is 0 Å². The lowest BCUT2D eigenvalue weighted by molar-refractivity contribution is 0.244. The maximum atomic E-state index is 13.3. The van der Waals surface area contributed by atoms with Crippen LogP contribution in [-0.2, 0) is 13.1 Å². The molecule has 0 spiro atoms. The molecule has 1 aromatic carbocycles. The van der Waals surface area contributed by atoms with Crippen LogP contribution in [0.3, 0.4) is 0 Å². The van der Waals surface area contributed by atoms with E-state index < -0.39 is 0 Å². The second-order valence-corrected chi connectivity index (χ2v) is 6.86. The van der Waals surface area contributed by atoms with Gasteiger partial charge in [-0.05, 0) is 41.7 Å². The minimum absolute atomic E-state index is 0.136. The Morgan fingerprint density at radius 3 is 2.30 bits per heavy atom. The van der Waals surface area contributed by atoms with Crippen molar-refractivity contribution in [3.8, 4) is 0 Å². The summed E-state index contributed by atoms with van der Waals surface area (Å²) < 4.78 is 13.3. The van der Waals surface area contributed by atoms with Gasteiger partial charge in [-0.1, -0.05) is 18.2 Å². The number of rotatable bonds is 4. The summed E-state index contributed by atoms with van der Waals surface area (Å²) in [5, 5.41) is 0. The minimum Gasteiger partial charge on any atom is -0.298 e. The third-order valence-electron chi connectivity index (χ3n) is 5.04. The van der Waals surface area contributed by atoms with E-state index in [1.807, 2.05) is 18.3 Å². The fourth-order valence-corrected chi connectivity index (χ4v) is 4.06. The first-order chi connectivity index (χ1) is 11.3. The molecule has 2 aliphatic rings. The van der Waals surface area contributed by atoms with Crippen molar-refractivity contribution in [3.63, 3.8) is 0 Å². The van der Waals surface area contributed by atoms with Crippen LogP contribution in [0.25, 0.3) is 0 Å². The van der Waals surface area contributed by atoms with Crippen LogP contribution in [-0.4, -0.2) is 41.0 Å². The van der Waals surface area contributed by atoms with E-state index in [2.05, 4.69) is 26.9 Å². The lowest BCUT2D eigenvalue weighted by Crippen LogP contribution is -2.28. The highest BCUT2D eigenvalue weighted by atomic mass is 19.1. The molecular formula is C19H22FN3. The van der Waals surface area contributed by atoms with Gasteiger partial charge in [0, 0.05) is 45.5 Å². The molecule has 0 saturated carbocycles. The fourth-order valence-electron chi connectivity index (χ4n) is 4.06. The number of halogens is 1. The van der Waals surface area contributed by atoms with E-state index in [0.29, 0.717) is 0 Å². The topological polar surface area (TPSA) is 19.4 Å². The van der Waals surface area contributed by atoms with Crippen molar-refractivity contribution in [1.29, 1.82) is 0 Å². The summed E-state index contributed by atoms with van der Waals surface area (Å²) in [6.07, 6.45) is 1.87. The van der Waals surface area contributed by atoms with Crippen LogP contribution in [0.5, 0.6) is 0 Å². The number of hydrogen-bond acceptors (Lipinski definition) is 3. The Hall–Kier alpha value is -1.78. The predicted molar refractivity (Wildman–Crippen MR) is 88.2 cm³/mol. The molecule has 120 valence electrons. The SMILES string of the molecule is Fc1cccc(CN2C[C@H]3CN(Cc4ccccn4)C[C@@H]3C2)c1. The van der Waals surface area contributed by atoms with Gasteiger partial charge in [-0.25, -0.2) is 4.39 Å². The van der Waals surface area contributed by atoms with Crippen LogP contribution in [0.1, 0.15) is 11.3 Å². The maximum absolute atomic E-state index is 13.3. The molecule has 0 unspecified atom stereocenters. The molecule has 3 nitrogen and oxygen atoms in total. The Labute approximate surface area is 136 Å². The summed E-state index contributed by atoms with van der Waals surface area (Å²) in [7, 11) is 0. The van der Waals surface area contributed by atoms with E-state index in [1.54, 1.807) is 12.1 Å². The van der Waals surface area contributed by atoms with Gasteiger partial charge < -0.3 is 0 Å². The molecule has 0 bridgehead atoms. The highest BCUT2D eigenvalue weighted by Gasteiger charge is 2.39. The molecule has 0 amide bonds. The Morgan fingerprint density at radius 1 is 0.913 bits per heavy atom. The Kier molecular flexibility index (Phi) is 4.10. The largest absolute Gasteiger partial charge is 0.298 e. The molecule has 2 aliphatic heterocycles. The van der Waals surface area contributed by atoms with E-state index in [1.165, 1.54) is 6.07 Å². The molecule has 4 rings (SSSR count). The van der Waals surface area contributed by atoms with Crippen molar-refractivity contribution >= 4 is 0 Å². The molecule has 3 heterocycles. The summed E-state index contributed by atoms with van der Waals surface area (Å²) in [5.41, 5.74) is 2.24. The number of benzene rings is 1. The summed E-state index contributed by atoms with van der Waals surface area (Å²) in [6, 6.07) is 13.1. The van der Waals surface area contributed by atoms with E-state index in [-0.39, 0.29) is 5.82 Å².